The number of hydrogen-bond acceptors (Lipinski definition) is 6. The van der Waals surface area contributed by atoms with Crippen molar-refractivity contribution in [3.05, 3.63) is 51.2 Å². The number of benzene rings is 1. The van der Waals surface area contributed by atoms with E-state index in [1.54, 1.807) is 12.1 Å². The highest BCUT2D eigenvalue weighted by Gasteiger charge is 2.29. The standard InChI is InChI=1S/C23H26N2O6/c1-12(26)25-17-9-6-13-10-19(29-3)21(30-4)22(31-5)20(13)14-7-8-15(23(28)24-2)18(27)11-16(14)17/h7-8,10-11,17H,6,9H2,1-5H3,(H,24,28)(H,25,26)/t17-/m0/s1/i5D3. The van der Waals surface area contributed by atoms with Gasteiger partial charge in [0.15, 0.2) is 16.9 Å². The van der Waals surface area contributed by atoms with Crippen molar-refractivity contribution < 1.29 is 27.9 Å². The van der Waals surface area contributed by atoms with E-state index < -0.39 is 24.4 Å². The Labute approximate surface area is 184 Å². The normalized spacial score (nSPS) is 16.3. The second kappa shape index (κ2) is 9.07. The van der Waals surface area contributed by atoms with Crippen LogP contribution < -0.4 is 30.3 Å². The second-order valence-corrected chi connectivity index (χ2v) is 7.07. The van der Waals surface area contributed by atoms with Crippen molar-refractivity contribution in [2.45, 2.75) is 25.8 Å². The fourth-order valence-electron chi connectivity index (χ4n) is 3.93. The van der Waals surface area contributed by atoms with Crippen LogP contribution in [0.2, 0.25) is 0 Å². The molecule has 2 aromatic carbocycles. The fourth-order valence-corrected chi connectivity index (χ4v) is 3.93. The Morgan fingerprint density at radius 2 is 1.90 bits per heavy atom. The molecule has 2 aromatic rings. The predicted molar refractivity (Wildman–Crippen MR) is 116 cm³/mol. The SMILES string of the molecule is [2H]C([2H])([2H])Oc1c(OC)c(OC)cc2c1-c1ccc(C(=O)NC)c(=O)cc1[C@@H](NC(C)=O)CC2. The molecular weight excluding hydrogens is 400 g/mol. The fraction of sp³-hybridized carbons (Fsp3) is 0.348. The zero-order valence-electron chi connectivity index (χ0n) is 20.8. The van der Waals surface area contributed by atoms with Crippen LogP contribution in [0.25, 0.3) is 11.1 Å². The molecule has 0 aliphatic heterocycles. The van der Waals surface area contributed by atoms with Crippen molar-refractivity contribution in [2.75, 3.05) is 28.3 Å². The maximum Gasteiger partial charge on any atom is 0.254 e. The van der Waals surface area contributed by atoms with Crippen molar-refractivity contribution in [2.24, 2.45) is 0 Å². The Hall–Kier alpha value is -3.55. The highest BCUT2D eigenvalue weighted by atomic mass is 16.5. The minimum absolute atomic E-state index is 0.0710. The van der Waals surface area contributed by atoms with Gasteiger partial charge in [-0.25, -0.2) is 0 Å². The second-order valence-electron chi connectivity index (χ2n) is 7.07. The zero-order chi connectivity index (χ0) is 25.2. The molecule has 3 rings (SSSR count). The van der Waals surface area contributed by atoms with Crippen molar-refractivity contribution >= 4 is 11.8 Å². The van der Waals surface area contributed by atoms with Crippen LogP contribution in [0, 0.1) is 0 Å². The summed E-state index contributed by atoms with van der Waals surface area (Å²) in [7, 11) is 1.38. The van der Waals surface area contributed by atoms with E-state index in [9.17, 15) is 14.4 Å². The van der Waals surface area contributed by atoms with Gasteiger partial charge in [0.05, 0.1) is 37.0 Å². The van der Waals surface area contributed by atoms with E-state index in [0.29, 0.717) is 35.1 Å². The van der Waals surface area contributed by atoms with Gasteiger partial charge in [0.2, 0.25) is 11.7 Å². The lowest BCUT2D eigenvalue weighted by molar-refractivity contribution is -0.119. The first kappa shape index (κ1) is 18.2. The van der Waals surface area contributed by atoms with Crippen LogP contribution in [0.4, 0.5) is 0 Å². The monoisotopic (exact) mass is 429 g/mol. The van der Waals surface area contributed by atoms with Crippen LogP contribution in [-0.2, 0) is 11.2 Å². The van der Waals surface area contributed by atoms with Gasteiger partial charge < -0.3 is 24.8 Å². The van der Waals surface area contributed by atoms with Gasteiger partial charge >= 0.3 is 0 Å². The maximum absolute atomic E-state index is 12.9. The topological polar surface area (TPSA) is 103 Å². The average molecular weight is 429 g/mol. The molecule has 0 bridgehead atoms. The van der Waals surface area contributed by atoms with Crippen LogP contribution in [0.3, 0.4) is 0 Å². The number of fused-ring (bicyclic) bond motifs is 3. The number of ether oxygens (including phenoxy) is 3. The van der Waals surface area contributed by atoms with Gasteiger partial charge in [-0.2, -0.15) is 0 Å². The summed E-state index contributed by atoms with van der Waals surface area (Å²) in [5, 5.41) is 5.28. The van der Waals surface area contributed by atoms with Crippen LogP contribution in [0.15, 0.2) is 29.1 Å². The molecule has 8 nitrogen and oxygen atoms in total. The Kier molecular flexibility index (Phi) is 5.34. The first-order valence-corrected chi connectivity index (χ1v) is 9.65. The Balaban J connectivity index is 2.47. The van der Waals surface area contributed by atoms with Gasteiger partial charge in [0.1, 0.15) is 0 Å². The molecule has 31 heavy (non-hydrogen) atoms. The smallest absolute Gasteiger partial charge is 0.254 e. The first-order valence-electron chi connectivity index (χ1n) is 11.1. The molecule has 8 heteroatoms. The van der Waals surface area contributed by atoms with E-state index in [4.69, 9.17) is 18.3 Å². The molecule has 0 unspecified atom stereocenters. The Morgan fingerprint density at radius 3 is 2.52 bits per heavy atom. The summed E-state index contributed by atoms with van der Waals surface area (Å²) in [6.07, 6.45) is 0.813. The molecule has 0 spiro atoms. The number of methoxy groups -OCH3 is 3. The Morgan fingerprint density at radius 1 is 1.13 bits per heavy atom. The van der Waals surface area contributed by atoms with E-state index in [1.165, 1.54) is 40.3 Å². The number of hydrogen-bond donors (Lipinski definition) is 2. The van der Waals surface area contributed by atoms with Crippen LogP contribution in [0.1, 0.15) is 45.0 Å². The largest absolute Gasteiger partial charge is 0.493 e. The summed E-state index contributed by atoms with van der Waals surface area (Å²) >= 11 is 0. The van der Waals surface area contributed by atoms with Crippen LogP contribution in [0.5, 0.6) is 17.2 Å². The van der Waals surface area contributed by atoms with Gasteiger partial charge in [-0.3, -0.25) is 14.4 Å². The maximum atomic E-state index is 12.9. The highest BCUT2D eigenvalue weighted by molar-refractivity contribution is 5.94. The lowest BCUT2D eigenvalue weighted by atomic mass is 9.95. The molecule has 0 saturated heterocycles. The third kappa shape index (κ3) is 4.05. The molecular formula is C23H26N2O6. The minimum atomic E-state index is -2.81. The van der Waals surface area contributed by atoms with Gasteiger partial charge in [0.25, 0.3) is 5.91 Å². The molecule has 2 amide bonds. The lowest BCUT2D eigenvalue weighted by Crippen LogP contribution is -2.27. The number of rotatable bonds is 5. The number of carbonyl (C=O) groups excluding carboxylic acids is 2. The summed E-state index contributed by atoms with van der Waals surface area (Å²) in [5.41, 5.74) is 1.27. The first-order chi connectivity index (χ1) is 16.0. The third-order valence-electron chi connectivity index (χ3n) is 5.29. The summed E-state index contributed by atoms with van der Waals surface area (Å²) in [6.45, 7) is 1.37. The molecule has 1 aliphatic rings. The van der Waals surface area contributed by atoms with Crippen molar-refractivity contribution in [1.82, 2.24) is 10.6 Å². The van der Waals surface area contributed by atoms with E-state index in [1.807, 2.05) is 0 Å². The number of aryl methyl sites for hydroxylation is 1. The highest BCUT2D eigenvalue weighted by Crippen LogP contribution is 2.50. The van der Waals surface area contributed by atoms with Gasteiger partial charge in [-0.05, 0) is 47.7 Å². The third-order valence-corrected chi connectivity index (χ3v) is 5.29. The summed E-state index contributed by atoms with van der Waals surface area (Å²) < 4.78 is 39.4. The van der Waals surface area contributed by atoms with Crippen molar-refractivity contribution in [1.29, 1.82) is 0 Å². The summed E-state index contributed by atoms with van der Waals surface area (Å²) in [5.74, 6) is -0.612. The zero-order valence-corrected chi connectivity index (χ0v) is 17.8. The molecule has 0 heterocycles. The number of nitrogens with one attached hydrogen (secondary N) is 2. The van der Waals surface area contributed by atoms with Gasteiger partial charge in [0, 0.05) is 19.5 Å². The summed E-state index contributed by atoms with van der Waals surface area (Å²) in [6, 6.07) is 5.36. The molecule has 0 aromatic heterocycles. The molecule has 1 atom stereocenters. The van der Waals surface area contributed by atoms with Crippen LogP contribution >= 0.6 is 0 Å². The number of carbonyl (C=O) groups is 2. The van der Waals surface area contributed by atoms with Gasteiger partial charge in [-0.1, -0.05) is 6.07 Å². The van der Waals surface area contributed by atoms with E-state index >= 15 is 0 Å². The average Bonchev–Trinajstić information content (AvgIpc) is 3.00. The van der Waals surface area contributed by atoms with Crippen molar-refractivity contribution in [3.8, 4) is 28.4 Å². The predicted octanol–water partition coefficient (Wildman–Crippen LogP) is 2.22. The molecule has 164 valence electrons. The molecule has 1 aliphatic carbocycles. The minimum Gasteiger partial charge on any atom is -0.493 e. The van der Waals surface area contributed by atoms with E-state index in [0.717, 1.165) is 0 Å². The Bertz CT molecular complexity index is 1200. The van der Waals surface area contributed by atoms with Gasteiger partial charge in [-0.15, -0.1) is 0 Å². The van der Waals surface area contributed by atoms with E-state index in [2.05, 4.69) is 10.6 Å². The van der Waals surface area contributed by atoms with E-state index in [-0.39, 0.29) is 28.7 Å². The van der Waals surface area contributed by atoms with Crippen LogP contribution in [-0.4, -0.2) is 40.1 Å². The van der Waals surface area contributed by atoms with Crippen molar-refractivity contribution in [3.63, 3.8) is 0 Å². The molecule has 0 radical (unpaired) electrons. The summed E-state index contributed by atoms with van der Waals surface area (Å²) in [4.78, 5) is 37.2. The lowest BCUT2D eigenvalue weighted by Gasteiger charge is -2.19. The molecule has 0 fully saturated rings. The molecule has 2 N–H and O–H groups in total. The quantitative estimate of drug-likeness (QED) is 0.756. The molecule has 0 saturated carbocycles. The number of amides is 2.